The van der Waals surface area contributed by atoms with E-state index < -0.39 is 6.10 Å². The Morgan fingerprint density at radius 1 is 1.48 bits per heavy atom. The molecule has 0 fully saturated rings. The van der Waals surface area contributed by atoms with Crippen molar-refractivity contribution in [2.24, 2.45) is 0 Å². The smallest absolute Gasteiger partial charge is 0.123 e. The zero-order chi connectivity index (χ0) is 15.6. The molecule has 2 aromatic rings. The lowest BCUT2D eigenvalue weighted by molar-refractivity contribution is 0.204. The number of hydrogen-bond acceptors (Lipinski definition) is 3. The highest BCUT2D eigenvalue weighted by Crippen LogP contribution is 2.32. The summed E-state index contributed by atoms with van der Waals surface area (Å²) in [5.41, 5.74) is 1.53. The summed E-state index contributed by atoms with van der Waals surface area (Å²) < 4.78 is 3.59. The third-order valence-electron chi connectivity index (χ3n) is 3.10. The highest BCUT2D eigenvalue weighted by atomic mass is 127. The molecule has 7 heteroatoms. The summed E-state index contributed by atoms with van der Waals surface area (Å²) in [6.45, 7) is 1.56. The Morgan fingerprint density at radius 2 is 2.19 bits per heavy atom. The molecule has 0 radical (unpaired) electrons. The molecule has 1 aromatic heterocycles. The number of rotatable bonds is 5. The topological polar surface area (TPSA) is 41.3 Å². The van der Waals surface area contributed by atoms with Crippen LogP contribution in [0.15, 0.2) is 28.9 Å². The van der Waals surface area contributed by atoms with E-state index in [1.807, 2.05) is 30.9 Å². The Labute approximate surface area is 151 Å². The Morgan fingerprint density at radius 3 is 2.86 bits per heavy atom. The van der Waals surface area contributed by atoms with Crippen LogP contribution in [0.2, 0.25) is 5.02 Å². The Bertz CT molecular complexity index is 633. The van der Waals surface area contributed by atoms with Gasteiger partial charge in [-0.05, 0) is 70.8 Å². The molecule has 1 unspecified atom stereocenters. The minimum atomic E-state index is -0.769. The minimum Gasteiger partial charge on any atom is -0.382 e. The molecule has 0 spiro atoms. The van der Waals surface area contributed by atoms with Crippen molar-refractivity contribution in [2.45, 2.75) is 12.6 Å². The second-order valence-electron chi connectivity index (χ2n) is 4.97. The molecule has 0 bridgehead atoms. The van der Waals surface area contributed by atoms with Gasteiger partial charge in [0, 0.05) is 20.7 Å². The van der Waals surface area contributed by atoms with Gasteiger partial charge in [0.25, 0.3) is 0 Å². The number of halogens is 3. The quantitative estimate of drug-likeness (QED) is 0.660. The van der Waals surface area contributed by atoms with E-state index in [2.05, 4.69) is 48.5 Å². The molecule has 4 nitrogen and oxygen atoms in total. The van der Waals surface area contributed by atoms with Crippen LogP contribution in [0.4, 0.5) is 0 Å². The molecule has 0 saturated heterocycles. The first-order valence-electron chi connectivity index (χ1n) is 6.39. The van der Waals surface area contributed by atoms with Crippen LogP contribution in [-0.2, 0) is 6.54 Å². The fourth-order valence-electron chi connectivity index (χ4n) is 1.99. The van der Waals surface area contributed by atoms with Crippen molar-refractivity contribution in [1.29, 1.82) is 0 Å². The van der Waals surface area contributed by atoms with Crippen LogP contribution in [0, 0.1) is 3.57 Å². The molecule has 1 heterocycles. The van der Waals surface area contributed by atoms with Crippen molar-refractivity contribution < 1.29 is 5.11 Å². The zero-order valence-electron chi connectivity index (χ0n) is 11.7. The third kappa shape index (κ3) is 4.19. The van der Waals surface area contributed by atoms with Crippen LogP contribution in [0.3, 0.4) is 0 Å². The summed E-state index contributed by atoms with van der Waals surface area (Å²) in [4.78, 5) is 2.08. The lowest BCUT2D eigenvalue weighted by Gasteiger charge is -2.17. The normalized spacial score (nSPS) is 12.9. The summed E-state index contributed by atoms with van der Waals surface area (Å²) in [5.74, 6) is 0. The van der Waals surface area contributed by atoms with E-state index in [1.54, 1.807) is 12.3 Å². The van der Waals surface area contributed by atoms with Gasteiger partial charge >= 0.3 is 0 Å². The molecule has 0 aliphatic heterocycles. The number of aliphatic hydroxyl groups excluding tert-OH is 1. The third-order valence-corrected chi connectivity index (χ3v) is 4.93. The number of hydrogen-bond donors (Lipinski definition) is 1. The molecule has 2 rings (SSSR count). The number of likely N-dealkylation sites (N-methyl/N-ethyl adjacent to an activating group) is 1. The average molecular weight is 485 g/mol. The van der Waals surface area contributed by atoms with Gasteiger partial charge in [-0.25, -0.2) is 0 Å². The monoisotopic (exact) mass is 483 g/mol. The van der Waals surface area contributed by atoms with E-state index in [-0.39, 0.29) is 0 Å². The molecular formula is C14H16BrClIN3O. The number of aromatic nitrogens is 2. The van der Waals surface area contributed by atoms with Gasteiger partial charge in [0.15, 0.2) is 0 Å². The zero-order valence-corrected chi connectivity index (χ0v) is 16.2. The standard InChI is InChI=1S/C14H16BrClIN3O/c1-19(2)5-6-20-13(11(15)8-18-20)14(21)10-7-9(16)3-4-12(10)17/h3-4,7-8,14,21H,5-6H2,1-2H3. The minimum absolute atomic E-state index is 0.611. The predicted octanol–water partition coefficient (Wildman–Crippen LogP) is 3.55. The molecule has 1 N–H and O–H groups in total. The SMILES string of the molecule is CN(C)CCn1ncc(Br)c1C(O)c1cc(Cl)ccc1I. The summed E-state index contributed by atoms with van der Waals surface area (Å²) in [7, 11) is 4.02. The second kappa shape index (κ2) is 7.41. The van der Waals surface area contributed by atoms with Crippen LogP contribution in [0.1, 0.15) is 17.4 Å². The van der Waals surface area contributed by atoms with Crippen molar-refractivity contribution >= 4 is 50.1 Å². The molecular weight excluding hydrogens is 468 g/mol. The average Bonchev–Trinajstić information content (AvgIpc) is 2.79. The Hall–Kier alpha value is -0.150. The molecule has 114 valence electrons. The van der Waals surface area contributed by atoms with Crippen LogP contribution in [0.5, 0.6) is 0 Å². The van der Waals surface area contributed by atoms with E-state index in [0.717, 1.165) is 25.8 Å². The van der Waals surface area contributed by atoms with Gasteiger partial charge in [-0.1, -0.05) is 11.6 Å². The number of benzene rings is 1. The lowest BCUT2D eigenvalue weighted by Crippen LogP contribution is -2.21. The van der Waals surface area contributed by atoms with E-state index >= 15 is 0 Å². The van der Waals surface area contributed by atoms with Crippen molar-refractivity contribution in [3.63, 3.8) is 0 Å². The van der Waals surface area contributed by atoms with Gasteiger partial charge in [-0.3, -0.25) is 4.68 Å². The first-order chi connectivity index (χ1) is 9.90. The number of aliphatic hydroxyl groups is 1. The molecule has 0 amide bonds. The highest BCUT2D eigenvalue weighted by Gasteiger charge is 2.21. The summed E-state index contributed by atoms with van der Waals surface area (Å²) >= 11 is 11.7. The molecule has 1 aromatic carbocycles. The largest absolute Gasteiger partial charge is 0.382 e. The van der Waals surface area contributed by atoms with Crippen molar-refractivity contribution in [2.75, 3.05) is 20.6 Å². The maximum absolute atomic E-state index is 10.7. The van der Waals surface area contributed by atoms with Gasteiger partial charge in [-0.15, -0.1) is 0 Å². The number of nitrogens with zero attached hydrogens (tertiary/aromatic N) is 3. The van der Waals surface area contributed by atoms with E-state index in [0.29, 0.717) is 11.6 Å². The van der Waals surface area contributed by atoms with Gasteiger partial charge < -0.3 is 10.0 Å². The van der Waals surface area contributed by atoms with Crippen molar-refractivity contribution in [3.8, 4) is 0 Å². The predicted molar refractivity (Wildman–Crippen MR) is 96.7 cm³/mol. The second-order valence-corrected chi connectivity index (χ2v) is 7.43. The maximum Gasteiger partial charge on any atom is 0.123 e. The first kappa shape index (κ1) is 17.2. The van der Waals surface area contributed by atoms with Gasteiger partial charge in [0.05, 0.1) is 22.9 Å². The highest BCUT2D eigenvalue weighted by molar-refractivity contribution is 14.1. The Kier molecular flexibility index (Phi) is 6.07. The molecule has 1 atom stereocenters. The summed E-state index contributed by atoms with van der Waals surface area (Å²) in [5, 5.41) is 15.7. The fourth-order valence-corrected chi connectivity index (χ4v) is 3.31. The molecule has 21 heavy (non-hydrogen) atoms. The van der Waals surface area contributed by atoms with Crippen LogP contribution >= 0.6 is 50.1 Å². The summed E-state index contributed by atoms with van der Waals surface area (Å²) in [6, 6.07) is 5.51. The van der Waals surface area contributed by atoms with Crippen molar-refractivity contribution in [1.82, 2.24) is 14.7 Å². The van der Waals surface area contributed by atoms with E-state index in [4.69, 9.17) is 11.6 Å². The first-order valence-corrected chi connectivity index (χ1v) is 8.64. The van der Waals surface area contributed by atoms with E-state index in [1.165, 1.54) is 0 Å². The van der Waals surface area contributed by atoms with Gasteiger partial charge in [0.2, 0.25) is 0 Å². The molecule has 0 aliphatic carbocycles. The van der Waals surface area contributed by atoms with Crippen LogP contribution in [0.25, 0.3) is 0 Å². The lowest BCUT2D eigenvalue weighted by atomic mass is 10.1. The van der Waals surface area contributed by atoms with E-state index in [9.17, 15) is 5.11 Å². The van der Waals surface area contributed by atoms with Gasteiger partial charge in [-0.2, -0.15) is 5.10 Å². The molecule has 0 aliphatic rings. The Balaban J connectivity index is 2.36. The van der Waals surface area contributed by atoms with Gasteiger partial charge in [0.1, 0.15) is 6.10 Å². The van der Waals surface area contributed by atoms with Crippen LogP contribution in [-0.4, -0.2) is 40.4 Å². The van der Waals surface area contributed by atoms with Crippen molar-refractivity contribution in [3.05, 3.63) is 48.7 Å². The van der Waals surface area contributed by atoms with Crippen LogP contribution < -0.4 is 0 Å². The summed E-state index contributed by atoms with van der Waals surface area (Å²) in [6.07, 6.45) is 0.945. The maximum atomic E-state index is 10.7. The fraction of sp³-hybridized carbons (Fsp3) is 0.357. The molecule has 0 saturated carbocycles.